The fourth-order valence-electron chi connectivity index (χ4n) is 1.75. The highest BCUT2D eigenvalue weighted by molar-refractivity contribution is 9.10. The molecule has 116 valence electrons. The summed E-state index contributed by atoms with van der Waals surface area (Å²) in [6.45, 7) is 0. The summed E-state index contributed by atoms with van der Waals surface area (Å²) in [5, 5.41) is 20.6. The van der Waals surface area contributed by atoms with Crippen molar-refractivity contribution in [3.05, 3.63) is 56.7 Å². The van der Waals surface area contributed by atoms with E-state index in [1.54, 1.807) is 12.1 Å². The Hall–Kier alpha value is -3.01. The van der Waals surface area contributed by atoms with Gasteiger partial charge in [-0.1, -0.05) is 21.0 Å². The van der Waals surface area contributed by atoms with E-state index in [9.17, 15) is 14.9 Å². The molecule has 3 aromatic rings. The third-order valence-corrected chi connectivity index (χ3v) is 3.19. The minimum atomic E-state index is -0.621. The standard InChI is InChI=1S/C13H7BrN4O5/c14-8-4-7(5-9(6-8)18(20)21)11(19)15-13-17-16-12(23-13)10-2-1-3-22-10/h1-6H,(H,15,17,19). The number of nitrogens with zero attached hydrogens (tertiary/aromatic N) is 3. The average molecular weight is 379 g/mol. The molecule has 0 radical (unpaired) electrons. The summed E-state index contributed by atoms with van der Waals surface area (Å²) in [5.41, 5.74) is -0.143. The molecule has 0 aliphatic heterocycles. The van der Waals surface area contributed by atoms with E-state index in [0.717, 1.165) is 6.07 Å². The van der Waals surface area contributed by atoms with Gasteiger partial charge in [-0.25, -0.2) is 0 Å². The van der Waals surface area contributed by atoms with Crippen molar-refractivity contribution in [3.63, 3.8) is 0 Å². The maximum atomic E-state index is 12.1. The number of rotatable bonds is 4. The van der Waals surface area contributed by atoms with Gasteiger partial charge in [0.1, 0.15) is 0 Å². The molecule has 10 heteroatoms. The van der Waals surface area contributed by atoms with Crippen LogP contribution in [0.5, 0.6) is 0 Å². The van der Waals surface area contributed by atoms with Crippen LogP contribution in [0.4, 0.5) is 11.7 Å². The van der Waals surface area contributed by atoms with Crippen LogP contribution in [0.25, 0.3) is 11.7 Å². The Morgan fingerprint density at radius 1 is 1.30 bits per heavy atom. The molecule has 0 unspecified atom stereocenters. The maximum Gasteiger partial charge on any atom is 0.322 e. The predicted molar refractivity (Wildman–Crippen MR) is 80.7 cm³/mol. The van der Waals surface area contributed by atoms with E-state index in [4.69, 9.17) is 8.83 Å². The van der Waals surface area contributed by atoms with Crippen molar-refractivity contribution < 1.29 is 18.6 Å². The molecular weight excluding hydrogens is 372 g/mol. The average Bonchev–Trinajstić information content (AvgIpc) is 3.17. The lowest BCUT2D eigenvalue weighted by molar-refractivity contribution is -0.384. The number of non-ortho nitro benzene ring substituents is 1. The van der Waals surface area contributed by atoms with Crippen LogP contribution in [-0.2, 0) is 0 Å². The monoisotopic (exact) mass is 378 g/mol. The number of nitro benzene ring substituents is 1. The van der Waals surface area contributed by atoms with Gasteiger partial charge in [0.25, 0.3) is 17.5 Å². The summed E-state index contributed by atoms with van der Waals surface area (Å²) >= 11 is 3.12. The summed E-state index contributed by atoms with van der Waals surface area (Å²) in [6, 6.07) is 6.99. The van der Waals surface area contributed by atoms with E-state index < -0.39 is 10.8 Å². The van der Waals surface area contributed by atoms with Crippen LogP contribution < -0.4 is 5.32 Å². The Morgan fingerprint density at radius 2 is 2.13 bits per heavy atom. The Morgan fingerprint density at radius 3 is 2.83 bits per heavy atom. The summed E-state index contributed by atoms with van der Waals surface area (Å²) in [5.74, 6) is -0.161. The first-order chi connectivity index (χ1) is 11.0. The van der Waals surface area contributed by atoms with Crippen molar-refractivity contribution in [3.8, 4) is 11.7 Å². The molecule has 2 aromatic heterocycles. The fourth-order valence-corrected chi connectivity index (χ4v) is 2.23. The van der Waals surface area contributed by atoms with E-state index in [0.29, 0.717) is 10.2 Å². The van der Waals surface area contributed by atoms with Crippen LogP contribution in [0.2, 0.25) is 0 Å². The van der Waals surface area contributed by atoms with E-state index in [1.165, 1.54) is 18.4 Å². The van der Waals surface area contributed by atoms with Crippen molar-refractivity contribution in [2.45, 2.75) is 0 Å². The summed E-state index contributed by atoms with van der Waals surface area (Å²) in [7, 11) is 0. The molecule has 0 bridgehead atoms. The molecular formula is C13H7BrN4O5. The second-order valence-electron chi connectivity index (χ2n) is 4.30. The SMILES string of the molecule is O=C(Nc1nnc(-c2ccco2)o1)c1cc(Br)cc([N+](=O)[O-])c1. The lowest BCUT2D eigenvalue weighted by Crippen LogP contribution is -2.12. The molecule has 0 saturated heterocycles. The molecule has 1 aromatic carbocycles. The minimum Gasteiger partial charge on any atom is -0.459 e. The van der Waals surface area contributed by atoms with Gasteiger partial charge < -0.3 is 8.83 Å². The quantitative estimate of drug-likeness (QED) is 0.545. The molecule has 0 aliphatic rings. The molecule has 3 rings (SSSR count). The first-order valence-corrected chi connectivity index (χ1v) is 6.96. The third-order valence-electron chi connectivity index (χ3n) is 2.73. The normalized spacial score (nSPS) is 10.5. The lowest BCUT2D eigenvalue weighted by Gasteiger charge is -2.01. The molecule has 1 amide bonds. The molecule has 0 spiro atoms. The zero-order valence-electron chi connectivity index (χ0n) is 11.2. The summed E-state index contributed by atoms with van der Waals surface area (Å²) < 4.78 is 10.7. The zero-order valence-corrected chi connectivity index (χ0v) is 12.8. The van der Waals surface area contributed by atoms with Crippen LogP contribution >= 0.6 is 15.9 Å². The topological polar surface area (TPSA) is 124 Å². The number of halogens is 1. The van der Waals surface area contributed by atoms with Gasteiger partial charge in [-0.05, 0) is 18.2 Å². The van der Waals surface area contributed by atoms with Crippen molar-refractivity contribution >= 4 is 33.5 Å². The Balaban J connectivity index is 1.81. The molecule has 0 atom stereocenters. The number of anilines is 1. The summed E-state index contributed by atoms with van der Waals surface area (Å²) in [6.07, 6.45) is 1.44. The first-order valence-electron chi connectivity index (χ1n) is 6.16. The van der Waals surface area contributed by atoms with Crippen LogP contribution in [-0.4, -0.2) is 21.0 Å². The number of nitro groups is 1. The van der Waals surface area contributed by atoms with E-state index in [-0.39, 0.29) is 23.2 Å². The number of nitrogens with one attached hydrogen (secondary N) is 1. The number of aromatic nitrogens is 2. The maximum absolute atomic E-state index is 12.1. The molecule has 9 nitrogen and oxygen atoms in total. The van der Waals surface area contributed by atoms with Gasteiger partial charge in [0.05, 0.1) is 11.2 Å². The van der Waals surface area contributed by atoms with Crippen molar-refractivity contribution in [2.75, 3.05) is 5.32 Å². The van der Waals surface area contributed by atoms with E-state index >= 15 is 0 Å². The zero-order chi connectivity index (χ0) is 16.4. The van der Waals surface area contributed by atoms with Crippen molar-refractivity contribution in [2.24, 2.45) is 0 Å². The molecule has 23 heavy (non-hydrogen) atoms. The van der Waals surface area contributed by atoms with Gasteiger partial charge >= 0.3 is 6.01 Å². The molecule has 2 heterocycles. The smallest absolute Gasteiger partial charge is 0.322 e. The molecule has 0 aliphatic carbocycles. The second-order valence-corrected chi connectivity index (χ2v) is 5.21. The van der Waals surface area contributed by atoms with Gasteiger partial charge in [-0.2, -0.15) is 0 Å². The van der Waals surface area contributed by atoms with Gasteiger partial charge in [0.2, 0.25) is 0 Å². The van der Waals surface area contributed by atoms with Crippen LogP contribution in [0.3, 0.4) is 0 Å². The molecule has 0 fully saturated rings. The number of benzene rings is 1. The molecule has 0 saturated carbocycles. The number of furan rings is 1. The Labute approximate surface area is 136 Å². The number of carbonyl (C=O) groups is 1. The Kier molecular flexibility index (Phi) is 3.89. The molecule has 1 N–H and O–H groups in total. The van der Waals surface area contributed by atoms with Gasteiger partial charge in [-0.15, -0.1) is 5.10 Å². The summed E-state index contributed by atoms with van der Waals surface area (Å²) in [4.78, 5) is 22.4. The highest BCUT2D eigenvalue weighted by atomic mass is 79.9. The Bertz CT molecular complexity index is 874. The number of amides is 1. The second kappa shape index (κ2) is 6.01. The number of hydrogen-bond acceptors (Lipinski definition) is 7. The van der Waals surface area contributed by atoms with E-state index in [1.807, 2.05) is 0 Å². The van der Waals surface area contributed by atoms with Crippen molar-refractivity contribution in [1.29, 1.82) is 0 Å². The first kappa shape index (κ1) is 14.9. The highest BCUT2D eigenvalue weighted by Crippen LogP contribution is 2.23. The number of carbonyl (C=O) groups excluding carboxylic acids is 1. The van der Waals surface area contributed by atoms with Crippen LogP contribution in [0.15, 0.2) is 49.9 Å². The minimum absolute atomic E-state index is 0.0730. The highest BCUT2D eigenvalue weighted by Gasteiger charge is 2.17. The van der Waals surface area contributed by atoms with Crippen LogP contribution in [0.1, 0.15) is 10.4 Å². The lowest BCUT2D eigenvalue weighted by atomic mass is 10.2. The van der Waals surface area contributed by atoms with Gasteiger partial charge in [-0.3, -0.25) is 20.2 Å². The van der Waals surface area contributed by atoms with Crippen molar-refractivity contribution in [1.82, 2.24) is 10.2 Å². The van der Waals surface area contributed by atoms with Gasteiger partial charge in [0.15, 0.2) is 5.76 Å². The largest absolute Gasteiger partial charge is 0.459 e. The van der Waals surface area contributed by atoms with Crippen LogP contribution in [0, 0.1) is 10.1 Å². The van der Waals surface area contributed by atoms with E-state index in [2.05, 4.69) is 31.4 Å². The fraction of sp³-hybridized carbons (Fsp3) is 0. The predicted octanol–water partition coefficient (Wildman–Crippen LogP) is 3.25. The third kappa shape index (κ3) is 3.26. The van der Waals surface area contributed by atoms with Gasteiger partial charge in [0, 0.05) is 22.2 Å². The number of hydrogen-bond donors (Lipinski definition) is 1.